The van der Waals surface area contributed by atoms with Crippen molar-refractivity contribution in [1.82, 2.24) is 10.2 Å². The zero-order chi connectivity index (χ0) is 11.8. The molecule has 1 spiro atoms. The first kappa shape index (κ1) is 11.5. The number of carbonyl (C=O) groups excluding carboxylic acids is 1. The highest BCUT2D eigenvalue weighted by Gasteiger charge is 2.44. The number of halogens is 3. The van der Waals surface area contributed by atoms with Gasteiger partial charge < -0.3 is 15.0 Å². The summed E-state index contributed by atoms with van der Waals surface area (Å²) in [6.45, 7) is 2.23. The standard InChI is InChI=1S/C9H13F3N2O2/c10-9(11,12)16-7(15)14-3-1-2-8(6-14)4-13-5-8/h13H,1-6H2. The number of rotatable bonds is 0. The Kier molecular flexibility index (Phi) is 2.73. The van der Waals surface area contributed by atoms with E-state index in [9.17, 15) is 18.0 Å². The topological polar surface area (TPSA) is 41.6 Å². The summed E-state index contributed by atoms with van der Waals surface area (Å²) in [5.74, 6) is 0. The summed E-state index contributed by atoms with van der Waals surface area (Å²) in [4.78, 5) is 12.4. The van der Waals surface area contributed by atoms with E-state index in [1.807, 2.05) is 0 Å². The third-order valence-corrected chi connectivity index (χ3v) is 3.12. The molecule has 0 aromatic rings. The van der Waals surface area contributed by atoms with Gasteiger partial charge in [-0.25, -0.2) is 4.79 Å². The van der Waals surface area contributed by atoms with Crippen molar-refractivity contribution in [3.8, 4) is 0 Å². The van der Waals surface area contributed by atoms with E-state index in [1.165, 1.54) is 0 Å². The molecule has 4 nitrogen and oxygen atoms in total. The first-order chi connectivity index (χ1) is 7.40. The lowest BCUT2D eigenvalue weighted by atomic mass is 9.75. The number of carbonyl (C=O) groups is 1. The average Bonchev–Trinajstić information content (AvgIpc) is 2.13. The molecule has 2 aliphatic heterocycles. The highest BCUT2D eigenvalue weighted by atomic mass is 19.4. The maximum absolute atomic E-state index is 11.9. The number of likely N-dealkylation sites (tertiary alicyclic amines) is 1. The minimum Gasteiger partial charge on any atom is -0.356 e. The molecule has 2 rings (SSSR count). The third kappa shape index (κ3) is 2.40. The second kappa shape index (κ2) is 3.80. The lowest BCUT2D eigenvalue weighted by Gasteiger charge is -2.48. The van der Waals surface area contributed by atoms with Crippen molar-refractivity contribution in [2.45, 2.75) is 19.2 Å². The molecule has 16 heavy (non-hydrogen) atoms. The molecule has 0 aromatic carbocycles. The molecule has 0 bridgehead atoms. The van der Waals surface area contributed by atoms with Gasteiger partial charge in [-0.15, -0.1) is 13.2 Å². The van der Waals surface area contributed by atoms with Crippen molar-refractivity contribution >= 4 is 6.09 Å². The van der Waals surface area contributed by atoms with Gasteiger partial charge in [0.15, 0.2) is 0 Å². The van der Waals surface area contributed by atoms with E-state index in [2.05, 4.69) is 10.1 Å². The Morgan fingerprint density at radius 2 is 2.06 bits per heavy atom. The van der Waals surface area contributed by atoms with Gasteiger partial charge in [0.1, 0.15) is 0 Å². The zero-order valence-corrected chi connectivity index (χ0v) is 8.64. The van der Waals surface area contributed by atoms with Gasteiger partial charge in [-0.1, -0.05) is 0 Å². The van der Waals surface area contributed by atoms with Crippen LogP contribution in [0.2, 0.25) is 0 Å². The van der Waals surface area contributed by atoms with Crippen molar-refractivity contribution in [3.63, 3.8) is 0 Å². The first-order valence-electron chi connectivity index (χ1n) is 5.16. The summed E-state index contributed by atoms with van der Waals surface area (Å²) in [5, 5.41) is 3.08. The van der Waals surface area contributed by atoms with Crippen LogP contribution in [-0.4, -0.2) is 43.5 Å². The normalized spacial score (nSPS) is 24.1. The molecule has 0 aliphatic carbocycles. The molecule has 2 saturated heterocycles. The van der Waals surface area contributed by atoms with Crippen LogP contribution < -0.4 is 5.32 Å². The van der Waals surface area contributed by atoms with Gasteiger partial charge in [-0.3, -0.25) is 0 Å². The number of piperidine rings is 1. The fraction of sp³-hybridized carbons (Fsp3) is 0.889. The summed E-state index contributed by atoms with van der Waals surface area (Å²) in [7, 11) is 0. The summed E-state index contributed by atoms with van der Waals surface area (Å²) in [5.41, 5.74) is -0.0249. The minimum absolute atomic E-state index is 0.0249. The van der Waals surface area contributed by atoms with Crippen molar-refractivity contribution in [3.05, 3.63) is 0 Å². The van der Waals surface area contributed by atoms with Gasteiger partial charge >= 0.3 is 12.5 Å². The van der Waals surface area contributed by atoms with E-state index in [-0.39, 0.29) is 5.41 Å². The van der Waals surface area contributed by atoms with Gasteiger partial charge in [-0.2, -0.15) is 0 Å². The number of amides is 1. The van der Waals surface area contributed by atoms with Crippen LogP contribution in [0.3, 0.4) is 0 Å². The molecule has 1 amide bonds. The fourth-order valence-corrected chi connectivity index (χ4v) is 2.29. The molecule has 2 heterocycles. The highest BCUT2D eigenvalue weighted by molar-refractivity contribution is 5.68. The molecule has 0 unspecified atom stereocenters. The monoisotopic (exact) mass is 238 g/mol. The number of hydrogen-bond acceptors (Lipinski definition) is 3. The highest BCUT2D eigenvalue weighted by Crippen LogP contribution is 2.34. The third-order valence-electron chi connectivity index (χ3n) is 3.12. The Morgan fingerprint density at radius 1 is 1.38 bits per heavy atom. The second-order valence-electron chi connectivity index (χ2n) is 4.44. The van der Waals surface area contributed by atoms with Crippen LogP contribution in [0.15, 0.2) is 0 Å². The van der Waals surface area contributed by atoms with Gasteiger partial charge in [0, 0.05) is 31.6 Å². The molecule has 7 heteroatoms. The van der Waals surface area contributed by atoms with Gasteiger partial charge in [0.25, 0.3) is 0 Å². The molecule has 0 aromatic heterocycles. The molecule has 92 valence electrons. The molecular weight excluding hydrogens is 225 g/mol. The largest absolute Gasteiger partial charge is 0.576 e. The molecule has 0 radical (unpaired) electrons. The smallest absolute Gasteiger partial charge is 0.356 e. The first-order valence-corrected chi connectivity index (χ1v) is 5.16. The molecule has 2 aliphatic rings. The summed E-state index contributed by atoms with van der Waals surface area (Å²) in [6.07, 6.45) is -4.48. The van der Waals surface area contributed by atoms with Crippen LogP contribution in [0.25, 0.3) is 0 Å². The zero-order valence-electron chi connectivity index (χ0n) is 8.64. The Morgan fingerprint density at radius 3 is 2.56 bits per heavy atom. The van der Waals surface area contributed by atoms with Crippen LogP contribution in [0.5, 0.6) is 0 Å². The van der Waals surface area contributed by atoms with Crippen molar-refractivity contribution in [2.75, 3.05) is 26.2 Å². The van der Waals surface area contributed by atoms with Gasteiger partial charge in [-0.05, 0) is 12.8 Å². The number of ether oxygens (including phenoxy) is 1. The Bertz CT molecular complexity index is 289. The summed E-state index contributed by atoms with van der Waals surface area (Å²) < 4.78 is 39.0. The van der Waals surface area contributed by atoms with E-state index in [4.69, 9.17) is 0 Å². The van der Waals surface area contributed by atoms with Gasteiger partial charge in [0.05, 0.1) is 0 Å². The Balaban J connectivity index is 1.91. The maximum Gasteiger partial charge on any atom is 0.576 e. The molecular formula is C9H13F3N2O2. The molecule has 0 atom stereocenters. The van der Waals surface area contributed by atoms with E-state index < -0.39 is 12.5 Å². The van der Waals surface area contributed by atoms with Crippen molar-refractivity contribution < 1.29 is 22.7 Å². The predicted octanol–water partition coefficient (Wildman–Crippen LogP) is 1.33. The molecule has 2 fully saturated rings. The van der Waals surface area contributed by atoms with Crippen LogP contribution in [0.1, 0.15) is 12.8 Å². The molecule has 0 saturated carbocycles. The maximum atomic E-state index is 11.9. The SMILES string of the molecule is O=C(OC(F)(F)F)N1CCCC2(CNC2)C1. The van der Waals surface area contributed by atoms with E-state index in [0.717, 1.165) is 30.8 Å². The quantitative estimate of drug-likeness (QED) is 0.692. The number of nitrogens with one attached hydrogen (secondary N) is 1. The number of nitrogens with zero attached hydrogens (tertiary/aromatic N) is 1. The fourth-order valence-electron chi connectivity index (χ4n) is 2.29. The van der Waals surface area contributed by atoms with Crippen molar-refractivity contribution in [2.24, 2.45) is 5.41 Å². The minimum atomic E-state index is -4.89. The van der Waals surface area contributed by atoms with E-state index >= 15 is 0 Å². The number of hydrogen-bond donors (Lipinski definition) is 1. The van der Waals surface area contributed by atoms with Crippen LogP contribution >= 0.6 is 0 Å². The molecule has 1 N–H and O–H groups in total. The van der Waals surface area contributed by atoms with Crippen LogP contribution in [-0.2, 0) is 4.74 Å². The lowest BCUT2D eigenvalue weighted by molar-refractivity contribution is -0.295. The van der Waals surface area contributed by atoms with Crippen molar-refractivity contribution in [1.29, 1.82) is 0 Å². The average molecular weight is 238 g/mol. The predicted molar refractivity (Wildman–Crippen MR) is 48.6 cm³/mol. The summed E-state index contributed by atoms with van der Waals surface area (Å²) >= 11 is 0. The van der Waals surface area contributed by atoms with Crippen LogP contribution in [0, 0.1) is 5.41 Å². The Labute approximate surface area is 90.7 Å². The van der Waals surface area contributed by atoms with Gasteiger partial charge in [0.2, 0.25) is 0 Å². The van der Waals surface area contributed by atoms with Crippen LogP contribution in [0.4, 0.5) is 18.0 Å². The van der Waals surface area contributed by atoms with E-state index in [0.29, 0.717) is 13.1 Å². The van der Waals surface area contributed by atoms with E-state index in [1.54, 1.807) is 0 Å². The Hall–Kier alpha value is -0.980. The second-order valence-corrected chi connectivity index (χ2v) is 4.44. The number of alkyl halides is 3. The lowest BCUT2D eigenvalue weighted by Crippen LogP contribution is -2.62. The summed E-state index contributed by atoms with van der Waals surface area (Å²) in [6, 6.07) is 0.